The number of fused-ring (bicyclic) bond motifs is 1. The molecule has 0 spiro atoms. The van der Waals surface area contributed by atoms with Gasteiger partial charge >= 0.3 is 0 Å². The lowest BCUT2D eigenvalue weighted by Crippen LogP contribution is -2.41. The lowest BCUT2D eigenvalue weighted by Gasteiger charge is -2.20. The van der Waals surface area contributed by atoms with E-state index in [9.17, 15) is 13.2 Å². The largest absolute Gasteiger partial charge is 0.495 e. The maximum Gasteiger partial charge on any atom is 0.244 e. The van der Waals surface area contributed by atoms with E-state index in [-0.39, 0.29) is 10.6 Å². The molecule has 1 atom stereocenters. The minimum atomic E-state index is -3.96. The van der Waals surface area contributed by atoms with Crippen LogP contribution in [0.1, 0.15) is 12.5 Å². The monoisotopic (exact) mass is 406 g/mol. The van der Waals surface area contributed by atoms with Crippen molar-refractivity contribution in [1.29, 1.82) is 0 Å². The molecular formula is C19H22N2O6S. The topological polar surface area (TPSA) is 103 Å². The number of aryl methyl sites for hydroxylation is 1. The molecule has 3 rings (SSSR count). The Morgan fingerprint density at radius 2 is 1.82 bits per heavy atom. The van der Waals surface area contributed by atoms with Crippen LogP contribution >= 0.6 is 0 Å². The Balaban J connectivity index is 1.72. The number of carbonyl (C=O) groups excluding carboxylic acids is 1. The first-order chi connectivity index (χ1) is 13.3. The zero-order valence-corrected chi connectivity index (χ0v) is 16.6. The minimum Gasteiger partial charge on any atom is -0.495 e. The molecule has 1 amide bonds. The van der Waals surface area contributed by atoms with E-state index in [0.717, 1.165) is 5.56 Å². The summed E-state index contributed by atoms with van der Waals surface area (Å²) in [5.74, 6) is 0.829. The van der Waals surface area contributed by atoms with Crippen LogP contribution < -0.4 is 24.2 Å². The third-order valence-electron chi connectivity index (χ3n) is 4.14. The number of benzene rings is 2. The number of amides is 1. The Morgan fingerprint density at radius 1 is 1.11 bits per heavy atom. The van der Waals surface area contributed by atoms with Gasteiger partial charge in [-0.3, -0.25) is 4.79 Å². The Bertz CT molecular complexity index is 990. The summed E-state index contributed by atoms with van der Waals surface area (Å²) in [4.78, 5) is 12.5. The van der Waals surface area contributed by atoms with Gasteiger partial charge in [0.05, 0.1) is 13.2 Å². The molecule has 0 fully saturated rings. The SMILES string of the molecule is COc1ccc(C)cc1S(=O)(=O)N[C@@H](C)C(=O)Nc1ccc2c(c1)OCCO2. The molecule has 2 aromatic rings. The van der Waals surface area contributed by atoms with Crippen molar-refractivity contribution in [3.05, 3.63) is 42.0 Å². The van der Waals surface area contributed by atoms with Crippen LogP contribution in [0.3, 0.4) is 0 Å². The van der Waals surface area contributed by atoms with Gasteiger partial charge in [0.25, 0.3) is 0 Å². The second kappa shape index (κ2) is 8.07. The molecule has 1 heterocycles. The predicted molar refractivity (Wildman–Crippen MR) is 104 cm³/mol. The van der Waals surface area contributed by atoms with E-state index in [1.165, 1.54) is 20.1 Å². The molecule has 0 saturated carbocycles. The van der Waals surface area contributed by atoms with Crippen molar-refractivity contribution >= 4 is 21.6 Å². The van der Waals surface area contributed by atoms with Gasteiger partial charge in [-0.05, 0) is 43.7 Å². The van der Waals surface area contributed by atoms with Crippen LogP contribution in [0.25, 0.3) is 0 Å². The highest BCUT2D eigenvalue weighted by Crippen LogP contribution is 2.32. The number of nitrogens with one attached hydrogen (secondary N) is 2. The fourth-order valence-electron chi connectivity index (χ4n) is 2.72. The lowest BCUT2D eigenvalue weighted by molar-refractivity contribution is -0.117. The summed E-state index contributed by atoms with van der Waals surface area (Å²) in [6.45, 7) is 4.14. The number of sulfonamides is 1. The third kappa shape index (κ3) is 4.37. The highest BCUT2D eigenvalue weighted by Gasteiger charge is 2.25. The summed E-state index contributed by atoms with van der Waals surface area (Å²) in [5, 5.41) is 2.67. The van der Waals surface area contributed by atoms with Crippen LogP contribution in [-0.2, 0) is 14.8 Å². The first-order valence-corrected chi connectivity index (χ1v) is 10.2. The van der Waals surface area contributed by atoms with Crippen LogP contribution in [0.15, 0.2) is 41.3 Å². The van der Waals surface area contributed by atoms with Crippen LogP contribution in [0, 0.1) is 6.92 Å². The first kappa shape index (κ1) is 20.0. The molecule has 8 nitrogen and oxygen atoms in total. The van der Waals surface area contributed by atoms with Crippen molar-refractivity contribution in [3.63, 3.8) is 0 Å². The van der Waals surface area contributed by atoms with E-state index in [4.69, 9.17) is 14.2 Å². The van der Waals surface area contributed by atoms with Gasteiger partial charge in [-0.15, -0.1) is 0 Å². The number of anilines is 1. The number of hydrogen-bond acceptors (Lipinski definition) is 6. The van der Waals surface area contributed by atoms with Crippen molar-refractivity contribution < 1.29 is 27.4 Å². The normalized spacial score (nSPS) is 14.2. The van der Waals surface area contributed by atoms with Crippen molar-refractivity contribution in [2.75, 3.05) is 25.6 Å². The van der Waals surface area contributed by atoms with Gasteiger partial charge in [-0.2, -0.15) is 4.72 Å². The molecule has 2 N–H and O–H groups in total. The van der Waals surface area contributed by atoms with Crippen LogP contribution in [0.5, 0.6) is 17.2 Å². The molecule has 1 aliphatic rings. The van der Waals surface area contributed by atoms with Gasteiger partial charge in [0.2, 0.25) is 15.9 Å². The summed E-state index contributed by atoms with van der Waals surface area (Å²) in [5.41, 5.74) is 1.24. The van der Waals surface area contributed by atoms with Crippen molar-refractivity contribution in [2.45, 2.75) is 24.8 Å². The molecule has 0 unspecified atom stereocenters. The highest BCUT2D eigenvalue weighted by atomic mass is 32.2. The Morgan fingerprint density at radius 3 is 2.54 bits per heavy atom. The molecule has 0 aliphatic carbocycles. The second-order valence-corrected chi connectivity index (χ2v) is 8.03. The number of ether oxygens (including phenoxy) is 3. The molecule has 0 saturated heterocycles. The van der Waals surface area contributed by atoms with E-state index < -0.39 is 22.0 Å². The van der Waals surface area contributed by atoms with Crippen molar-refractivity contribution in [3.8, 4) is 17.2 Å². The molecule has 0 radical (unpaired) electrons. The predicted octanol–water partition coefficient (Wildman–Crippen LogP) is 2.08. The van der Waals surface area contributed by atoms with Gasteiger partial charge in [0.15, 0.2) is 11.5 Å². The van der Waals surface area contributed by atoms with Crippen LogP contribution in [-0.4, -0.2) is 40.7 Å². The number of rotatable bonds is 6. The molecular weight excluding hydrogens is 384 g/mol. The maximum absolute atomic E-state index is 12.7. The van der Waals surface area contributed by atoms with Gasteiger partial charge < -0.3 is 19.5 Å². The maximum atomic E-state index is 12.7. The molecule has 0 bridgehead atoms. The van der Waals surface area contributed by atoms with Gasteiger partial charge in [0.1, 0.15) is 23.9 Å². The molecule has 9 heteroatoms. The fraction of sp³-hybridized carbons (Fsp3) is 0.316. The molecule has 2 aromatic carbocycles. The van der Waals surface area contributed by atoms with E-state index in [1.807, 2.05) is 0 Å². The number of carbonyl (C=O) groups is 1. The summed E-state index contributed by atoms with van der Waals surface area (Å²) < 4.78 is 43.9. The van der Waals surface area contributed by atoms with Crippen LogP contribution in [0.2, 0.25) is 0 Å². The van der Waals surface area contributed by atoms with E-state index in [1.54, 1.807) is 37.3 Å². The first-order valence-electron chi connectivity index (χ1n) is 8.67. The molecule has 28 heavy (non-hydrogen) atoms. The van der Waals surface area contributed by atoms with E-state index in [0.29, 0.717) is 30.4 Å². The van der Waals surface area contributed by atoms with Crippen molar-refractivity contribution in [2.24, 2.45) is 0 Å². The van der Waals surface area contributed by atoms with Crippen LogP contribution in [0.4, 0.5) is 5.69 Å². The molecule has 0 aromatic heterocycles. The summed E-state index contributed by atoms with van der Waals surface area (Å²) in [7, 11) is -2.57. The quantitative estimate of drug-likeness (QED) is 0.761. The molecule has 150 valence electrons. The van der Waals surface area contributed by atoms with Gasteiger partial charge in [-0.1, -0.05) is 6.07 Å². The Hall–Kier alpha value is -2.78. The number of methoxy groups -OCH3 is 1. The van der Waals surface area contributed by atoms with Gasteiger partial charge in [-0.25, -0.2) is 8.42 Å². The fourth-order valence-corrected chi connectivity index (χ4v) is 4.17. The summed E-state index contributed by atoms with van der Waals surface area (Å²) >= 11 is 0. The van der Waals surface area contributed by atoms with Gasteiger partial charge in [0, 0.05) is 11.8 Å². The van der Waals surface area contributed by atoms with E-state index in [2.05, 4.69) is 10.0 Å². The lowest BCUT2D eigenvalue weighted by atomic mass is 10.2. The summed E-state index contributed by atoms with van der Waals surface area (Å²) in [6, 6.07) is 8.79. The standard InChI is InChI=1S/C19H22N2O6S/c1-12-4-6-16(25-3)18(10-12)28(23,24)21-13(2)19(22)20-14-5-7-15-17(11-14)27-9-8-26-15/h4-7,10-11,13,21H,8-9H2,1-3H3,(H,20,22)/t13-/m0/s1. The smallest absolute Gasteiger partial charge is 0.244 e. The Labute approximate surface area is 163 Å². The summed E-state index contributed by atoms with van der Waals surface area (Å²) in [6.07, 6.45) is 0. The Kier molecular flexibility index (Phi) is 5.76. The second-order valence-electron chi connectivity index (χ2n) is 6.34. The zero-order valence-electron chi connectivity index (χ0n) is 15.8. The zero-order chi connectivity index (χ0) is 20.3. The highest BCUT2D eigenvalue weighted by molar-refractivity contribution is 7.89. The van der Waals surface area contributed by atoms with E-state index >= 15 is 0 Å². The average Bonchev–Trinajstić information content (AvgIpc) is 2.67. The molecule has 1 aliphatic heterocycles. The van der Waals surface area contributed by atoms with Crippen molar-refractivity contribution in [1.82, 2.24) is 4.72 Å². The minimum absolute atomic E-state index is 0.0195. The third-order valence-corrected chi connectivity index (χ3v) is 5.71. The average molecular weight is 406 g/mol. The number of hydrogen-bond donors (Lipinski definition) is 2.